The maximum Gasteiger partial charge on any atom is 0.160 e. The van der Waals surface area contributed by atoms with Gasteiger partial charge in [-0.3, -0.25) is 0 Å². The van der Waals surface area contributed by atoms with Crippen LogP contribution >= 0.6 is 11.6 Å². The van der Waals surface area contributed by atoms with Crippen LogP contribution in [0.15, 0.2) is 12.3 Å². The predicted octanol–water partition coefficient (Wildman–Crippen LogP) is 5.02. The van der Waals surface area contributed by atoms with Crippen LogP contribution < -0.4 is 4.90 Å². The molecule has 1 aliphatic rings. The third kappa shape index (κ3) is 3.85. The predicted molar refractivity (Wildman–Crippen MR) is 84.9 cm³/mol. The molecule has 2 atom stereocenters. The number of anilines is 1. The van der Waals surface area contributed by atoms with Crippen LogP contribution in [0.4, 0.5) is 10.2 Å². The average Bonchev–Trinajstić information content (AvgIpc) is 2.77. The number of nitrogens with zero attached hydrogens (tertiary/aromatic N) is 2. The van der Waals surface area contributed by atoms with Crippen molar-refractivity contribution in [3.63, 3.8) is 0 Å². The zero-order valence-corrected chi connectivity index (χ0v) is 14.1. The van der Waals surface area contributed by atoms with Crippen molar-refractivity contribution in [3.8, 4) is 0 Å². The van der Waals surface area contributed by atoms with Gasteiger partial charge in [-0.2, -0.15) is 0 Å². The molecule has 4 heteroatoms. The smallest absolute Gasteiger partial charge is 0.160 e. The van der Waals surface area contributed by atoms with Crippen molar-refractivity contribution in [3.05, 3.63) is 23.1 Å². The number of rotatable bonds is 1. The van der Waals surface area contributed by atoms with Gasteiger partial charge in [0.15, 0.2) is 5.82 Å². The van der Waals surface area contributed by atoms with Gasteiger partial charge in [-0.25, -0.2) is 9.37 Å². The van der Waals surface area contributed by atoms with E-state index >= 15 is 0 Å². The van der Waals surface area contributed by atoms with E-state index in [1.54, 1.807) is 6.07 Å². The van der Waals surface area contributed by atoms with Gasteiger partial charge >= 0.3 is 0 Å². The molecule has 0 bridgehead atoms. The number of hydrogen-bond donors (Lipinski definition) is 0. The standard InChI is InChI=1S/C14H20ClFN2.C2H6/c1-9-7-18(8-10(9)14(2,3)4)13-5-11(15)12(16)6-17-13;1-2/h5-6,9-10H,7-8H2,1-4H3;1-2H3. The number of halogens is 2. The van der Waals surface area contributed by atoms with Crippen molar-refractivity contribution in [2.24, 2.45) is 17.3 Å². The second-order valence-corrected chi connectivity index (χ2v) is 6.72. The van der Waals surface area contributed by atoms with E-state index in [2.05, 4.69) is 37.6 Å². The number of pyridine rings is 1. The molecule has 1 aromatic heterocycles. The topological polar surface area (TPSA) is 16.1 Å². The minimum Gasteiger partial charge on any atom is -0.356 e. The van der Waals surface area contributed by atoms with Crippen LogP contribution in [0.3, 0.4) is 0 Å². The summed E-state index contributed by atoms with van der Waals surface area (Å²) in [6.07, 6.45) is 1.20. The summed E-state index contributed by atoms with van der Waals surface area (Å²) in [7, 11) is 0. The second kappa shape index (κ2) is 6.75. The van der Waals surface area contributed by atoms with Gasteiger partial charge in [-0.05, 0) is 17.3 Å². The lowest BCUT2D eigenvalue weighted by Gasteiger charge is -2.29. The Hall–Kier alpha value is -0.830. The summed E-state index contributed by atoms with van der Waals surface area (Å²) < 4.78 is 13.1. The molecule has 1 saturated heterocycles. The van der Waals surface area contributed by atoms with E-state index in [-0.39, 0.29) is 10.4 Å². The molecule has 114 valence electrons. The maximum atomic E-state index is 13.1. The van der Waals surface area contributed by atoms with Gasteiger partial charge in [0.25, 0.3) is 0 Å². The maximum absolute atomic E-state index is 13.1. The van der Waals surface area contributed by atoms with Crippen LogP contribution in [-0.2, 0) is 0 Å². The molecule has 0 saturated carbocycles. The van der Waals surface area contributed by atoms with E-state index in [0.29, 0.717) is 11.8 Å². The van der Waals surface area contributed by atoms with Crippen molar-refractivity contribution in [2.75, 3.05) is 18.0 Å². The molecule has 1 fully saturated rings. The van der Waals surface area contributed by atoms with E-state index < -0.39 is 5.82 Å². The average molecular weight is 301 g/mol. The van der Waals surface area contributed by atoms with Gasteiger partial charge < -0.3 is 4.90 Å². The van der Waals surface area contributed by atoms with Crippen molar-refractivity contribution >= 4 is 17.4 Å². The molecule has 2 unspecified atom stereocenters. The third-order valence-electron chi connectivity index (χ3n) is 3.84. The first kappa shape index (κ1) is 17.2. The summed E-state index contributed by atoms with van der Waals surface area (Å²) in [6.45, 7) is 15.0. The molecule has 1 aliphatic heterocycles. The highest BCUT2D eigenvalue weighted by molar-refractivity contribution is 6.30. The van der Waals surface area contributed by atoms with Gasteiger partial charge in [-0.1, -0.05) is 53.1 Å². The van der Waals surface area contributed by atoms with E-state index in [9.17, 15) is 4.39 Å². The molecule has 0 N–H and O–H groups in total. The fourth-order valence-corrected chi connectivity index (χ4v) is 3.00. The number of hydrogen-bond acceptors (Lipinski definition) is 2. The third-order valence-corrected chi connectivity index (χ3v) is 4.13. The zero-order valence-electron chi connectivity index (χ0n) is 13.4. The minimum absolute atomic E-state index is 0.145. The van der Waals surface area contributed by atoms with Crippen molar-refractivity contribution in [1.29, 1.82) is 0 Å². The lowest BCUT2D eigenvalue weighted by atomic mass is 9.76. The van der Waals surface area contributed by atoms with Gasteiger partial charge in [0.05, 0.1) is 11.2 Å². The van der Waals surface area contributed by atoms with Crippen molar-refractivity contribution < 1.29 is 4.39 Å². The molecule has 2 rings (SSSR count). The van der Waals surface area contributed by atoms with Crippen LogP contribution in [0.2, 0.25) is 5.02 Å². The molecule has 2 nitrogen and oxygen atoms in total. The quantitative estimate of drug-likeness (QED) is 0.724. The molecule has 20 heavy (non-hydrogen) atoms. The summed E-state index contributed by atoms with van der Waals surface area (Å²) in [5, 5.41) is 0.145. The first-order valence-corrected chi connectivity index (χ1v) is 7.73. The van der Waals surface area contributed by atoms with Gasteiger partial charge in [0.2, 0.25) is 0 Å². The Balaban J connectivity index is 0.000000956. The Morgan fingerprint density at radius 3 is 2.35 bits per heavy atom. The molecule has 0 spiro atoms. The molecular formula is C16H26ClFN2. The van der Waals surface area contributed by atoms with Crippen molar-refractivity contribution in [1.82, 2.24) is 4.98 Å². The van der Waals surface area contributed by atoms with Gasteiger partial charge in [0, 0.05) is 19.2 Å². The summed E-state index contributed by atoms with van der Waals surface area (Å²) >= 11 is 5.81. The molecule has 0 radical (unpaired) electrons. The Morgan fingerprint density at radius 2 is 1.90 bits per heavy atom. The highest BCUT2D eigenvalue weighted by Crippen LogP contribution is 2.39. The highest BCUT2D eigenvalue weighted by Gasteiger charge is 2.37. The van der Waals surface area contributed by atoms with Gasteiger partial charge in [0.1, 0.15) is 5.82 Å². The van der Waals surface area contributed by atoms with Crippen LogP contribution in [0.25, 0.3) is 0 Å². The summed E-state index contributed by atoms with van der Waals surface area (Å²) in [5.74, 6) is 1.54. The van der Waals surface area contributed by atoms with E-state index in [1.807, 2.05) is 13.8 Å². The molecule has 1 aromatic rings. The first-order valence-electron chi connectivity index (χ1n) is 7.35. The molecule has 0 aliphatic carbocycles. The lowest BCUT2D eigenvalue weighted by Crippen LogP contribution is -2.27. The van der Waals surface area contributed by atoms with E-state index in [4.69, 9.17) is 11.6 Å². The number of aromatic nitrogens is 1. The van der Waals surface area contributed by atoms with Crippen LogP contribution in [0.5, 0.6) is 0 Å². The second-order valence-electron chi connectivity index (χ2n) is 6.31. The Labute approximate surface area is 127 Å². The fraction of sp³-hybridized carbons (Fsp3) is 0.688. The van der Waals surface area contributed by atoms with Crippen molar-refractivity contribution in [2.45, 2.75) is 41.5 Å². The lowest BCUT2D eigenvalue weighted by molar-refractivity contribution is 0.214. The fourth-order valence-electron chi connectivity index (χ4n) is 2.86. The largest absolute Gasteiger partial charge is 0.356 e. The Morgan fingerprint density at radius 1 is 1.30 bits per heavy atom. The summed E-state index contributed by atoms with van der Waals surface area (Å²) in [4.78, 5) is 6.34. The molecule has 0 aromatic carbocycles. The van der Waals surface area contributed by atoms with E-state index in [1.165, 1.54) is 6.20 Å². The SMILES string of the molecule is CC.CC1CN(c2cc(Cl)c(F)cn2)CC1C(C)(C)C. The van der Waals surface area contributed by atoms with Crippen LogP contribution in [0.1, 0.15) is 41.5 Å². The first-order chi connectivity index (χ1) is 9.29. The molecule has 0 amide bonds. The molecule has 2 heterocycles. The summed E-state index contributed by atoms with van der Waals surface area (Å²) in [6, 6.07) is 1.62. The minimum atomic E-state index is -0.458. The van der Waals surface area contributed by atoms with Crippen LogP contribution in [-0.4, -0.2) is 18.1 Å². The normalized spacial score (nSPS) is 22.5. The zero-order chi connectivity index (χ0) is 15.5. The molecular weight excluding hydrogens is 275 g/mol. The Bertz CT molecular complexity index is 443. The summed E-state index contributed by atoms with van der Waals surface area (Å²) in [5.41, 5.74) is 0.276. The van der Waals surface area contributed by atoms with Gasteiger partial charge in [-0.15, -0.1) is 0 Å². The Kier molecular flexibility index (Phi) is 5.81. The van der Waals surface area contributed by atoms with E-state index in [0.717, 1.165) is 18.9 Å². The van der Waals surface area contributed by atoms with Crippen LogP contribution in [0, 0.1) is 23.1 Å². The monoisotopic (exact) mass is 300 g/mol. The highest BCUT2D eigenvalue weighted by atomic mass is 35.5.